The van der Waals surface area contributed by atoms with E-state index in [1.54, 1.807) is 22.8 Å². The fourth-order valence-corrected chi connectivity index (χ4v) is 3.99. The number of rotatable bonds is 4. The van der Waals surface area contributed by atoms with Gasteiger partial charge in [0.05, 0.1) is 22.3 Å². The maximum Gasteiger partial charge on any atom is 0.253 e. The molecule has 3 rings (SSSR count). The molecule has 0 saturated heterocycles. The molecule has 6 nitrogen and oxygen atoms in total. The van der Waals surface area contributed by atoms with E-state index in [9.17, 15) is 18.0 Å². The third-order valence-corrected chi connectivity index (χ3v) is 5.72. The van der Waals surface area contributed by atoms with Crippen LogP contribution in [0, 0.1) is 6.92 Å². The zero-order valence-corrected chi connectivity index (χ0v) is 17.6. The number of halogens is 1. The number of sulfonamides is 1. The molecule has 1 heterocycles. The maximum atomic E-state index is 13.0. The van der Waals surface area contributed by atoms with Gasteiger partial charge in [0.25, 0.3) is 5.91 Å². The van der Waals surface area contributed by atoms with Crippen molar-refractivity contribution in [1.29, 1.82) is 0 Å². The number of nitrogens with one attached hydrogen (secondary N) is 1. The van der Waals surface area contributed by atoms with Crippen LogP contribution in [0.4, 0.5) is 0 Å². The first-order chi connectivity index (χ1) is 13.0. The van der Waals surface area contributed by atoms with Gasteiger partial charge in [-0.1, -0.05) is 37.6 Å². The summed E-state index contributed by atoms with van der Waals surface area (Å²) in [5, 5.41) is 1.19. The van der Waals surface area contributed by atoms with E-state index in [-0.39, 0.29) is 17.9 Å². The van der Waals surface area contributed by atoms with E-state index in [2.05, 4.69) is 0 Å². The number of pyridine rings is 1. The Bertz CT molecular complexity index is 1280. The van der Waals surface area contributed by atoms with Crippen molar-refractivity contribution in [1.82, 2.24) is 9.29 Å². The van der Waals surface area contributed by atoms with Crippen LogP contribution in [0.2, 0.25) is 5.02 Å². The van der Waals surface area contributed by atoms with Gasteiger partial charge in [0, 0.05) is 10.8 Å². The molecule has 148 valence electrons. The van der Waals surface area contributed by atoms with Crippen molar-refractivity contribution in [2.75, 3.05) is 6.26 Å². The van der Waals surface area contributed by atoms with E-state index < -0.39 is 15.9 Å². The topological polar surface area (TPSA) is 85.2 Å². The highest BCUT2D eigenvalue weighted by Gasteiger charge is 2.18. The largest absolute Gasteiger partial charge is 0.329 e. The van der Waals surface area contributed by atoms with Gasteiger partial charge >= 0.3 is 0 Å². The van der Waals surface area contributed by atoms with E-state index >= 15 is 0 Å². The first-order valence-electron chi connectivity index (χ1n) is 8.75. The van der Waals surface area contributed by atoms with Crippen LogP contribution >= 0.6 is 11.6 Å². The van der Waals surface area contributed by atoms with Gasteiger partial charge in [-0.15, -0.1) is 0 Å². The van der Waals surface area contributed by atoms with Crippen LogP contribution in [0.1, 0.15) is 30.9 Å². The Kier molecular flexibility index (Phi) is 5.25. The Morgan fingerprint density at radius 2 is 1.82 bits per heavy atom. The van der Waals surface area contributed by atoms with Crippen molar-refractivity contribution in [2.45, 2.75) is 33.2 Å². The monoisotopic (exact) mass is 420 g/mol. The quantitative estimate of drug-likeness (QED) is 0.656. The zero-order chi connectivity index (χ0) is 20.8. The lowest BCUT2D eigenvalue weighted by atomic mass is 9.99. The molecular formula is C20H21ClN2O4S. The molecule has 0 fully saturated rings. The molecular weight excluding hydrogens is 400 g/mol. The summed E-state index contributed by atoms with van der Waals surface area (Å²) >= 11 is 6.51. The molecule has 0 aliphatic carbocycles. The second kappa shape index (κ2) is 7.22. The van der Waals surface area contributed by atoms with Crippen LogP contribution in [0.25, 0.3) is 21.8 Å². The average Bonchev–Trinajstić information content (AvgIpc) is 2.59. The Hall–Kier alpha value is -2.38. The lowest BCUT2D eigenvalue weighted by molar-refractivity contribution is -0.119. The molecule has 1 aromatic heterocycles. The van der Waals surface area contributed by atoms with Crippen molar-refractivity contribution < 1.29 is 13.2 Å². The molecule has 0 saturated carbocycles. The van der Waals surface area contributed by atoms with E-state index in [4.69, 9.17) is 11.6 Å². The summed E-state index contributed by atoms with van der Waals surface area (Å²) in [6, 6.07) is 8.91. The number of aromatic nitrogens is 1. The van der Waals surface area contributed by atoms with Gasteiger partial charge in [-0.25, -0.2) is 8.42 Å². The summed E-state index contributed by atoms with van der Waals surface area (Å²) in [6.45, 7) is 5.57. The van der Waals surface area contributed by atoms with Crippen LogP contribution in [0.15, 0.2) is 35.1 Å². The number of amides is 1. The summed E-state index contributed by atoms with van der Waals surface area (Å²) in [7, 11) is -3.71. The van der Waals surface area contributed by atoms with Crippen molar-refractivity contribution in [2.24, 2.45) is 0 Å². The average molecular weight is 421 g/mol. The summed E-state index contributed by atoms with van der Waals surface area (Å²) in [5.41, 5.74) is 2.53. The highest BCUT2D eigenvalue weighted by atomic mass is 35.5. The Morgan fingerprint density at radius 1 is 1.18 bits per heavy atom. The number of fused-ring (bicyclic) bond motifs is 2. The Balaban J connectivity index is 2.42. The lowest BCUT2D eigenvalue weighted by Gasteiger charge is -2.18. The number of hydrogen-bond acceptors (Lipinski definition) is 4. The van der Waals surface area contributed by atoms with E-state index in [1.807, 2.05) is 37.6 Å². The Morgan fingerprint density at radius 3 is 2.43 bits per heavy atom. The van der Waals surface area contributed by atoms with Gasteiger partial charge in [-0.05, 0) is 42.2 Å². The van der Waals surface area contributed by atoms with Crippen LogP contribution in [-0.4, -0.2) is 25.1 Å². The van der Waals surface area contributed by atoms with Crippen LogP contribution in [0.3, 0.4) is 0 Å². The minimum absolute atomic E-state index is 0.179. The van der Waals surface area contributed by atoms with Crippen molar-refractivity contribution >= 4 is 49.3 Å². The molecule has 3 aromatic rings. The Labute approximate surface area is 168 Å². The predicted octanol–water partition coefficient (Wildman–Crippen LogP) is 3.32. The van der Waals surface area contributed by atoms with Crippen molar-refractivity contribution in [3.8, 4) is 0 Å². The van der Waals surface area contributed by atoms with Crippen molar-refractivity contribution in [3.63, 3.8) is 0 Å². The molecule has 0 spiro atoms. The molecule has 1 N–H and O–H groups in total. The van der Waals surface area contributed by atoms with Gasteiger partial charge in [-0.3, -0.25) is 14.3 Å². The van der Waals surface area contributed by atoms with Gasteiger partial charge in [0.1, 0.15) is 6.54 Å². The van der Waals surface area contributed by atoms with Gasteiger partial charge < -0.3 is 4.57 Å². The third-order valence-electron chi connectivity index (χ3n) is 4.65. The van der Waals surface area contributed by atoms with E-state index in [1.165, 1.54) is 0 Å². The first-order valence-corrected chi connectivity index (χ1v) is 11.0. The minimum Gasteiger partial charge on any atom is -0.329 e. The number of nitrogens with zero attached hydrogens (tertiary/aromatic N) is 1. The summed E-state index contributed by atoms with van der Waals surface area (Å²) < 4.78 is 26.5. The van der Waals surface area contributed by atoms with Crippen LogP contribution < -0.4 is 10.2 Å². The standard InChI is InChI=1S/C20H21ClN2O4S/c1-11(2)13-6-8-14-16(9-13)23(10-17(24)22-28(4,26)27)19-15(20(14)25)7-5-12(3)18(19)21/h5-9,11H,10H2,1-4H3,(H,22,24). The van der Waals surface area contributed by atoms with Crippen LogP contribution in [0.5, 0.6) is 0 Å². The maximum absolute atomic E-state index is 13.0. The number of benzene rings is 2. The highest BCUT2D eigenvalue weighted by Crippen LogP contribution is 2.30. The van der Waals surface area contributed by atoms with E-state index in [0.29, 0.717) is 26.8 Å². The van der Waals surface area contributed by atoms with E-state index in [0.717, 1.165) is 17.4 Å². The highest BCUT2D eigenvalue weighted by molar-refractivity contribution is 7.89. The normalized spacial score (nSPS) is 12.1. The second-order valence-corrected chi connectivity index (χ2v) is 9.36. The van der Waals surface area contributed by atoms with Gasteiger partial charge in [0.2, 0.25) is 10.0 Å². The van der Waals surface area contributed by atoms with Crippen LogP contribution in [-0.2, 0) is 21.4 Å². The summed E-state index contributed by atoms with van der Waals surface area (Å²) in [4.78, 5) is 25.4. The molecule has 0 aliphatic heterocycles. The first kappa shape index (κ1) is 20.4. The molecule has 0 radical (unpaired) electrons. The molecule has 0 aliphatic rings. The lowest BCUT2D eigenvalue weighted by Crippen LogP contribution is -2.33. The third kappa shape index (κ3) is 3.77. The minimum atomic E-state index is -3.71. The molecule has 28 heavy (non-hydrogen) atoms. The zero-order valence-electron chi connectivity index (χ0n) is 16.0. The van der Waals surface area contributed by atoms with Gasteiger partial charge in [-0.2, -0.15) is 0 Å². The van der Waals surface area contributed by atoms with Gasteiger partial charge in [0.15, 0.2) is 5.43 Å². The molecule has 0 bridgehead atoms. The summed E-state index contributed by atoms with van der Waals surface area (Å²) in [5.74, 6) is -0.497. The number of carbonyl (C=O) groups is 1. The SMILES string of the molecule is Cc1ccc2c(=O)c3ccc(C(C)C)cc3n(CC(=O)NS(C)(=O)=O)c2c1Cl. The fourth-order valence-electron chi connectivity index (χ4n) is 3.25. The molecule has 2 aromatic carbocycles. The fraction of sp³-hybridized carbons (Fsp3) is 0.300. The number of hydrogen-bond donors (Lipinski definition) is 1. The smallest absolute Gasteiger partial charge is 0.253 e. The summed E-state index contributed by atoms with van der Waals surface area (Å²) in [6.07, 6.45) is 0.917. The molecule has 8 heteroatoms. The second-order valence-electron chi connectivity index (χ2n) is 7.24. The molecule has 0 unspecified atom stereocenters. The molecule has 0 atom stereocenters. The predicted molar refractivity (Wildman–Crippen MR) is 113 cm³/mol. The number of carbonyl (C=O) groups excluding carboxylic acids is 1. The number of aryl methyl sites for hydroxylation is 1. The molecule has 1 amide bonds. The van der Waals surface area contributed by atoms with Crippen molar-refractivity contribution in [3.05, 3.63) is 56.7 Å².